The molecular weight excluding hydrogens is 342 g/mol. The molecule has 3 heteroatoms. The van der Waals surface area contributed by atoms with Crippen molar-refractivity contribution < 1.29 is 0 Å². The van der Waals surface area contributed by atoms with E-state index < -0.39 is 0 Å². The van der Waals surface area contributed by atoms with Crippen LogP contribution in [0.2, 0.25) is 0 Å². The van der Waals surface area contributed by atoms with Gasteiger partial charge in [-0.05, 0) is 73.6 Å². The van der Waals surface area contributed by atoms with Crippen LogP contribution in [0.15, 0.2) is 18.2 Å². The van der Waals surface area contributed by atoms with Crippen LogP contribution in [0.5, 0.6) is 0 Å². The molecule has 154 valence electrons. The van der Waals surface area contributed by atoms with Crippen LogP contribution >= 0.6 is 0 Å². The van der Waals surface area contributed by atoms with Gasteiger partial charge >= 0.3 is 0 Å². The van der Waals surface area contributed by atoms with Crippen LogP contribution in [-0.4, -0.2) is 37.6 Å². The van der Waals surface area contributed by atoms with E-state index >= 15 is 0 Å². The SMILES string of the molecule is CCCCN1CCN(c2cc(C#N)ccc2C2CCC(C(C)(C)C)CC2)CC1. The number of hydrogen-bond donors (Lipinski definition) is 0. The third kappa shape index (κ3) is 5.09. The second-order valence-electron chi connectivity index (χ2n) is 9.98. The highest BCUT2D eigenvalue weighted by atomic mass is 15.3. The van der Waals surface area contributed by atoms with Gasteiger partial charge in [0.1, 0.15) is 0 Å². The van der Waals surface area contributed by atoms with Crippen molar-refractivity contribution in [1.29, 1.82) is 5.26 Å². The maximum absolute atomic E-state index is 9.45. The number of hydrogen-bond acceptors (Lipinski definition) is 3. The van der Waals surface area contributed by atoms with Gasteiger partial charge in [-0.1, -0.05) is 40.2 Å². The molecule has 0 aromatic heterocycles. The molecule has 28 heavy (non-hydrogen) atoms. The summed E-state index contributed by atoms with van der Waals surface area (Å²) in [6.07, 6.45) is 7.81. The second-order valence-corrected chi connectivity index (χ2v) is 9.98. The van der Waals surface area contributed by atoms with Gasteiger partial charge in [0, 0.05) is 31.9 Å². The fraction of sp³-hybridized carbons (Fsp3) is 0.720. The van der Waals surface area contributed by atoms with Gasteiger partial charge in [-0.15, -0.1) is 0 Å². The largest absolute Gasteiger partial charge is 0.369 e. The summed E-state index contributed by atoms with van der Waals surface area (Å²) in [5.41, 5.74) is 4.06. The first-order chi connectivity index (χ1) is 13.4. The number of anilines is 1. The van der Waals surface area contributed by atoms with Crippen molar-refractivity contribution in [2.24, 2.45) is 11.3 Å². The van der Waals surface area contributed by atoms with E-state index in [2.05, 4.69) is 55.7 Å². The van der Waals surface area contributed by atoms with Crippen LogP contribution < -0.4 is 4.90 Å². The average molecular weight is 382 g/mol. The molecule has 0 unspecified atom stereocenters. The number of nitriles is 1. The Morgan fingerprint density at radius 3 is 2.29 bits per heavy atom. The zero-order valence-corrected chi connectivity index (χ0v) is 18.5. The highest BCUT2D eigenvalue weighted by Gasteiger charge is 2.32. The van der Waals surface area contributed by atoms with Gasteiger partial charge in [-0.25, -0.2) is 0 Å². The van der Waals surface area contributed by atoms with Crippen molar-refractivity contribution in [3.63, 3.8) is 0 Å². The minimum atomic E-state index is 0.424. The molecule has 1 aliphatic heterocycles. The molecule has 1 saturated heterocycles. The van der Waals surface area contributed by atoms with Crippen molar-refractivity contribution in [3.8, 4) is 6.07 Å². The van der Waals surface area contributed by atoms with Crippen molar-refractivity contribution in [2.45, 2.75) is 72.1 Å². The van der Waals surface area contributed by atoms with Gasteiger partial charge in [0.15, 0.2) is 0 Å². The number of benzene rings is 1. The molecule has 0 N–H and O–H groups in total. The lowest BCUT2D eigenvalue weighted by Crippen LogP contribution is -2.47. The summed E-state index contributed by atoms with van der Waals surface area (Å²) < 4.78 is 0. The van der Waals surface area contributed by atoms with Crippen LogP contribution in [0, 0.1) is 22.7 Å². The number of nitrogens with zero attached hydrogens (tertiary/aromatic N) is 3. The molecule has 1 heterocycles. The third-order valence-electron chi connectivity index (χ3n) is 7.09. The van der Waals surface area contributed by atoms with E-state index in [1.807, 2.05) is 6.07 Å². The van der Waals surface area contributed by atoms with Crippen molar-refractivity contribution in [2.75, 3.05) is 37.6 Å². The fourth-order valence-corrected chi connectivity index (χ4v) is 5.10. The average Bonchev–Trinajstić information content (AvgIpc) is 2.71. The number of piperazine rings is 1. The lowest BCUT2D eigenvalue weighted by atomic mass is 9.68. The Bertz CT molecular complexity index is 666. The summed E-state index contributed by atoms with van der Waals surface area (Å²) >= 11 is 0. The second kappa shape index (κ2) is 9.31. The van der Waals surface area contributed by atoms with Gasteiger partial charge in [0.05, 0.1) is 11.6 Å². The molecule has 1 aromatic rings. The lowest BCUT2D eigenvalue weighted by Gasteiger charge is -2.40. The topological polar surface area (TPSA) is 30.3 Å². The molecule has 1 saturated carbocycles. The highest BCUT2D eigenvalue weighted by Crippen LogP contribution is 2.45. The van der Waals surface area contributed by atoms with Crippen LogP contribution in [0.1, 0.15) is 83.3 Å². The van der Waals surface area contributed by atoms with Crippen molar-refractivity contribution >= 4 is 5.69 Å². The standard InChI is InChI=1S/C25H39N3/c1-5-6-13-27-14-16-28(17-15-27)24-18-20(19-26)7-12-23(24)21-8-10-22(11-9-21)25(2,3)4/h7,12,18,21-22H,5-6,8-11,13-17H2,1-4H3. The minimum absolute atomic E-state index is 0.424. The van der Waals surface area contributed by atoms with E-state index in [4.69, 9.17) is 0 Å². The molecule has 3 rings (SSSR count). The summed E-state index contributed by atoms with van der Waals surface area (Å²) in [4.78, 5) is 5.15. The first-order valence-corrected chi connectivity index (χ1v) is 11.4. The first kappa shape index (κ1) is 21.2. The maximum Gasteiger partial charge on any atom is 0.0992 e. The molecule has 2 fully saturated rings. The molecule has 0 atom stereocenters. The van der Waals surface area contributed by atoms with Crippen LogP contribution in [0.4, 0.5) is 5.69 Å². The quantitative estimate of drug-likeness (QED) is 0.645. The van der Waals surface area contributed by atoms with Crippen LogP contribution in [0.25, 0.3) is 0 Å². The Balaban J connectivity index is 1.72. The highest BCUT2D eigenvalue weighted by molar-refractivity contribution is 5.59. The molecule has 2 aliphatic rings. The van der Waals surface area contributed by atoms with Gasteiger partial charge < -0.3 is 4.90 Å². The predicted molar refractivity (Wildman–Crippen MR) is 119 cm³/mol. The summed E-state index contributed by atoms with van der Waals surface area (Å²) in [5.74, 6) is 1.49. The fourth-order valence-electron chi connectivity index (χ4n) is 5.10. The van der Waals surface area contributed by atoms with Gasteiger partial charge in [-0.2, -0.15) is 5.26 Å². The Hall–Kier alpha value is -1.53. The molecule has 1 aliphatic carbocycles. The van der Waals surface area contributed by atoms with E-state index in [-0.39, 0.29) is 0 Å². The minimum Gasteiger partial charge on any atom is -0.369 e. The maximum atomic E-state index is 9.45. The Kier molecular flexibility index (Phi) is 7.05. The Morgan fingerprint density at radius 1 is 1.04 bits per heavy atom. The van der Waals surface area contributed by atoms with Crippen molar-refractivity contribution in [1.82, 2.24) is 4.90 Å². The van der Waals surface area contributed by atoms with E-state index in [0.29, 0.717) is 11.3 Å². The van der Waals surface area contributed by atoms with Gasteiger partial charge in [0.25, 0.3) is 0 Å². The number of rotatable bonds is 5. The lowest BCUT2D eigenvalue weighted by molar-refractivity contribution is 0.169. The molecule has 0 radical (unpaired) electrons. The summed E-state index contributed by atoms with van der Waals surface area (Å²) in [5, 5.41) is 9.45. The zero-order valence-electron chi connectivity index (χ0n) is 18.5. The molecule has 3 nitrogen and oxygen atoms in total. The third-order valence-corrected chi connectivity index (χ3v) is 7.09. The normalized spacial score (nSPS) is 24.2. The first-order valence-electron chi connectivity index (χ1n) is 11.4. The Morgan fingerprint density at radius 2 is 1.71 bits per heavy atom. The number of unbranched alkanes of at least 4 members (excludes halogenated alkanes) is 1. The summed E-state index contributed by atoms with van der Waals surface area (Å²) in [7, 11) is 0. The molecule has 0 bridgehead atoms. The summed E-state index contributed by atoms with van der Waals surface area (Å²) in [6.45, 7) is 15.1. The van der Waals surface area contributed by atoms with Crippen LogP contribution in [0.3, 0.4) is 0 Å². The van der Waals surface area contributed by atoms with Gasteiger partial charge in [-0.3, -0.25) is 4.90 Å². The van der Waals surface area contributed by atoms with E-state index in [0.717, 1.165) is 37.7 Å². The van der Waals surface area contributed by atoms with E-state index in [9.17, 15) is 5.26 Å². The zero-order chi connectivity index (χ0) is 20.1. The van der Waals surface area contributed by atoms with E-state index in [1.165, 1.54) is 56.3 Å². The molecule has 0 amide bonds. The predicted octanol–water partition coefficient (Wildman–Crippen LogP) is 5.80. The monoisotopic (exact) mass is 381 g/mol. The van der Waals surface area contributed by atoms with Gasteiger partial charge in [0.2, 0.25) is 0 Å². The van der Waals surface area contributed by atoms with Crippen LogP contribution in [-0.2, 0) is 0 Å². The Labute approximate surface area is 172 Å². The smallest absolute Gasteiger partial charge is 0.0992 e. The molecular formula is C25H39N3. The van der Waals surface area contributed by atoms with Crippen molar-refractivity contribution in [3.05, 3.63) is 29.3 Å². The molecule has 1 aromatic carbocycles. The van der Waals surface area contributed by atoms with E-state index in [1.54, 1.807) is 0 Å². The molecule has 0 spiro atoms. The summed E-state index contributed by atoms with van der Waals surface area (Å²) in [6, 6.07) is 8.82.